The first-order valence-electron chi connectivity index (χ1n) is 6.43. The third-order valence-electron chi connectivity index (χ3n) is 3.32. The summed E-state index contributed by atoms with van der Waals surface area (Å²) in [5, 5.41) is 0.837. The molecule has 0 spiro atoms. The summed E-state index contributed by atoms with van der Waals surface area (Å²) in [7, 11) is 0. The lowest BCUT2D eigenvalue weighted by Crippen LogP contribution is -1.96. The van der Waals surface area contributed by atoms with E-state index in [0.29, 0.717) is 22.4 Å². The van der Waals surface area contributed by atoms with E-state index < -0.39 is 24.3 Å². The first-order valence-corrected chi connectivity index (χ1v) is 6.43. The molecule has 2 nitrogen and oxygen atoms in total. The van der Waals surface area contributed by atoms with Crippen LogP contribution in [0, 0.1) is 18.6 Å². The van der Waals surface area contributed by atoms with E-state index in [9.17, 15) is 17.6 Å². The molecule has 0 N–H and O–H groups in total. The van der Waals surface area contributed by atoms with E-state index >= 15 is 0 Å². The maximum atomic E-state index is 14.3. The zero-order valence-electron chi connectivity index (χ0n) is 11.4. The van der Waals surface area contributed by atoms with Gasteiger partial charge >= 0.3 is 0 Å². The number of halogens is 4. The zero-order chi connectivity index (χ0) is 15.9. The molecule has 0 saturated heterocycles. The van der Waals surface area contributed by atoms with Gasteiger partial charge in [-0.15, -0.1) is 0 Å². The Morgan fingerprint density at radius 2 is 1.68 bits per heavy atom. The van der Waals surface area contributed by atoms with Crippen LogP contribution in [0.25, 0.3) is 21.9 Å². The number of aryl methyl sites for hydroxylation is 1. The number of hydrogen-bond acceptors (Lipinski definition) is 2. The molecule has 2 aromatic carbocycles. The molecule has 1 heterocycles. The average Bonchev–Trinajstić information content (AvgIpc) is 2.85. The molecule has 0 aliphatic carbocycles. The van der Waals surface area contributed by atoms with Crippen molar-refractivity contribution < 1.29 is 26.7 Å². The van der Waals surface area contributed by atoms with Gasteiger partial charge < -0.3 is 9.15 Å². The average molecular weight is 310 g/mol. The van der Waals surface area contributed by atoms with E-state index in [1.165, 1.54) is 12.1 Å². The van der Waals surface area contributed by atoms with Crippen molar-refractivity contribution in [1.82, 2.24) is 0 Å². The summed E-state index contributed by atoms with van der Waals surface area (Å²) in [5.74, 6) is -1.64. The van der Waals surface area contributed by atoms with Crippen LogP contribution in [0.1, 0.15) is 5.56 Å². The van der Waals surface area contributed by atoms with Gasteiger partial charge in [0.25, 0.3) is 6.08 Å². The van der Waals surface area contributed by atoms with E-state index in [0.717, 1.165) is 0 Å². The summed E-state index contributed by atoms with van der Waals surface area (Å²) < 4.78 is 62.4. The van der Waals surface area contributed by atoms with E-state index in [-0.39, 0.29) is 16.9 Å². The fourth-order valence-electron chi connectivity index (χ4n) is 2.22. The number of hydrogen-bond donors (Lipinski definition) is 0. The van der Waals surface area contributed by atoms with Crippen LogP contribution in [0.4, 0.5) is 17.6 Å². The standard InChI is InChI=1S/C16H10F4O2/c1-8-2-3-9-10-4-5-11(21-7-6-12(17)18)14(20)16(10)22-15(9)13(8)19/h2-6H,7H2,1H3. The second-order valence-electron chi connectivity index (χ2n) is 4.73. The third-order valence-corrected chi connectivity index (χ3v) is 3.32. The minimum atomic E-state index is -1.91. The molecule has 0 bridgehead atoms. The van der Waals surface area contributed by atoms with Crippen LogP contribution in [0.3, 0.4) is 0 Å². The molecular weight excluding hydrogens is 300 g/mol. The van der Waals surface area contributed by atoms with Gasteiger partial charge in [-0.25, -0.2) is 4.39 Å². The summed E-state index contributed by atoms with van der Waals surface area (Å²) in [6, 6.07) is 6.02. The molecule has 3 aromatic rings. The van der Waals surface area contributed by atoms with Gasteiger partial charge in [0, 0.05) is 16.8 Å². The number of rotatable bonds is 3. The fraction of sp³-hybridized carbons (Fsp3) is 0.125. The quantitative estimate of drug-likeness (QED) is 0.610. The second kappa shape index (κ2) is 5.36. The molecule has 0 aliphatic rings. The Hall–Kier alpha value is -2.50. The Bertz CT molecular complexity index is 892. The van der Waals surface area contributed by atoms with Crippen molar-refractivity contribution in [2.45, 2.75) is 6.92 Å². The number of furan rings is 1. The molecule has 0 aliphatic heterocycles. The molecule has 1 aromatic heterocycles. The van der Waals surface area contributed by atoms with Crippen molar-refractivity contribution in [3.63, 3.8) is 0 Å². The Balaban J connectivity index is 2.13. The predicted molar refractivity (Wildman–Crippen MR) is 74.2 cm³/mol. The molecule has 114 valence electrons. The largest absolute Gasteiger partial charge is 0.486 e. The van der Waals surface area contributed by atoms with Gasteiger partial charge in [-0.2, -0.15) is 13.2 Å². The van der Waals surface area contributed by atoms with Crippen molar-refractivity contribution in [3.8, 4) is 5.75 Å². The lowest BCUT2D eigenvalue weighted by Gasteiger charge is -2.04. The topological polar surface area (TPSA) is 22.4 Å². The highest BCUT2D eigenvalue weighted by Crippen LogP contribution is 2.36. The molecule has 22 heavy (non-hydrogen) atoms. The Morgan fingerprint density at radius 1 is 1.05 bits per heavy atom. The monoisotopic (exact) mass is 310 g/mol. The Kier molecular flexibility index (Phi) is 3.52. The lowest BCUT2D eigenvalue weighted by molar-refractivity contribution is 0.328. The number of benzene rings is 2. The van der Waals surface area contributed by atoms with Crippen molar-refractivity contribution in [1.29, 1.82) is 0 Å². The zero-order valence-corrected chi connectivity index (χ0v) is 11.4. The van der Waals surface area contributed by atoms with E-state index in [1.54, 1.807) is 19.1 Å². The molecule has 0 radical (unpaired) electrons. The Morgan fingerprint density at radius 3 is 2.36 bits per heavy atom. The number of ether oxygens (including phenoxy) is 1. The summed E-state index contributed by atoms with van der Waals surface area (Å²) >= 11 is 0. The van der Waals surface area contributed by atoms with Gasteiger partial charge in [-0.1, -0.05) is 12.1 Å². The van der Waals surface area contributed by atoms with Gasteiger partial charge in [-0.3, -0.25) is 0 Å². The lowest BCUT2D eigenvalue weighted by atomic mass is 10.1. The minimum Gasteiger partial charge on any atom is -0.486 e. The highest BCUT2D eigenvalue weighted by molar-refractivity contribution is 6.05. The minimum absolute atomic E-state index is 0.0410. The van der Waals surface area contributed by atoms with Crippen LogP contribution in [-0.2, 0) is 0 Å². The van der Waals surface area contributed by atoms with E-state index in [4.69, 9.17) is 9.15 Å². The van der Waals surface area contributed by atoms with E-state index in [2.05, 4.69) is 0 Å². The summed E-state index contributed by atoms with van der Waals surface area (Å²) in [6.07, 6.45) is -1.39. The van der Waals surface area contributed by atoms with Gasteiger partial charge in [0.2, 0.25) is 5.82 Å². The van der Waals surface area contributed by atoms with Crippen LogP contribution < -0.4 is 4.74 Å². The maximum absolute atomic E-state index is 14.3. The van der Waals surface area contributed by atoms with Crippen LogP contribution >= 0.6 is 0 Å². The van der Waals surface area contributed by atoms with Crippen molar-refractivity contribution >= 4 is 21.9 Å². The van der Waals surface area contributed by atoms with Gasteiger partial charge in [0.15, 0.2) is 22.7 Å². The highest BCUT2D eigenvalue weighted by atomic mass is 19.3. The molecular formula is C16H10F4O2. The summed E-state index contributed by atoms with van der Waals surface area (Å²) in [5.41, 5.74) is 0.175. The Labute approximate surface area is 122 Å². The maximum Gasteiger partial charge on any atom is 0.269 e. The molecule has 0 atom stereocenters. The van der Waals surface area contributed by atoms with Gasteiger partial charge in [-0.05, 0) is 24.6 Å². The summed E-state index contributed by atoms with van der Waals surface area (Å²) in [6.45, 7) is 1.10. The van der Waals surface area contributed by atoms with Crippen molar-refractivity contribution in [2.75, 3.05) is 6.61 Å². The molecule has 0 amide bonds. The SMILES string of the molecule is Cc1ccc2c(oc3c(F)c(OCC=C(F)F)ccc32)c1F. The van der Waals surface area contributed by atoms with E-state index in [1.807, 2.05) is 0 Å². The van der Waals surface area contributed by atoms with Gasteiger partial charge in [0.05, 0.1) is 0 Å². The molecule has 0 fully saturated rings. The number of fused-ring (bicyclic) bond motifs is 3. The fourth-order valence-corrected chi connectivity index (χ4v) is 2.22. The van der Waals surface area contributed by atoms with Crippen LogP contribution in [0.5, 0.6) is 5.75 Å². The highest BCUT2D eigenvalue weighted by Gasteiger charge is 2.18. The van der Waals surface area contributed by atoms with Crippen LogP contribution in [0.15, 0.2) is 40.8 Å². The molecule has 6 heteroatoms. The smallest absolute Gasteiger partial charge is 0.269 e. The normalized spacial score (nSPS) is 11.1. The van der Waals surface area contributed by atoms with Crippen molar-refractivity contribution in [2.24, 2.45) is 0 Å². The first kappa shape index (κ1) is 14.4. The van der Waals surface area contributed by atoms with Gasteiger partial charge in [0.1, 0.15) is 6.61 Å². The first-order chi connectivity index (χ1) is 10.5. The molecule has 0 unspecified atom stereocenters. The molecule has 3 rings (SSSR count). The molecule has 0 saturated carbocycles. The van der Waals surface area contributed by atoms with Crippen molar-refractivity contribution in [3.05, 3.63) is 53.6 Å². The van der Waals surface area contributed by atoms with Crippen LogP contribution in [0.2, 0.25) is 0 Å². The third kappa shape index (κ3) is 2.30. The second-order valence-corrected chi connectivity index (χ2v) is 4.73. The van der Waals surface area contributed by atoms with Crippen LogP contribution in [-0.4, -0.2) is 6.61 Å². The summed E-state index contributed by atoms with van der Waals surface area (Å²) in [4.78, 5) is 0. The predicted octanol–water partition coefficient (Wildman–Crippen LogP) is 5.33.